The van der Waals surface area contributed by atoms with Crippen LogP contribution in [-0.2, 0) is 6.42 Å². The highest BCUT2D eigenvalue weighted by molar-refractivity contribution is 6.32. The standard InChI is InChI=1S/C16H14ClFN2/c1-11-9-13(18)6-5-12(11)7-8-20-16-4-2-3-15(17)14(16)10-19/h2-6,9,20H,7-8H2,1H3. The summed E-state index contributed by atoms with van der Waals surface area (Å²) < 4.78 is 13.0. The summed E-state index contributed by atoms with van der Waals surface area (Å²) in [6, 6.07) is 12.2. The highest BCUT2D eigenvalue weighted by Gasteiger charge is 2.06. The minimum atomic E-state index is -0.221. The van der Waals surface area contributed by atoms with E-state index in [2.05, 4.69) is 11.4 Å². The fourth-order valence-electron chi connectivity index (χ4n) is 2.06. The van der Waals surface area contributed by atoms with E-state index in [1.54, 1.807) is 18.2 Å². The molecule has 0 atom stereocenters. The van der Waals surface area contributed by atoms with Gasteiger partial charge in [-0.05, 0) is 48.7 Å². The summed E-state index contributed by atoms with van der Waals surface area (Å²) in [5, 5.41) is 12.7. The van der Waals surface area contributed by atoms with Crippen molar-refractivity contribution in [1.29, 1.82) is 5.26 Å². The molecule has 0 fully saturated rings. The van der Waals surface area contributed by atoms with Crippen LogP contribution < -0.4 is 5.32 Å². The van der Waals surface area contributed by atoms with Gasteiger partial charge in [-0.15, -0.1) is 0 Å². The molecule has 0 bridgehead atoms. The van der Waals surface area contributed by atoms with Crippen LogP contribution >= 0.6 is 11.6 Å². The average molecular weight is 289 g/mol. The molecule has 0 saturated heterocycles. The van der Waals surface area contributed by atoms with Gasteiger partial charge < -0.3 is 5.32 Å². The van der Waals surface area contributed by atoms with Crippen LogP contribution in [0.2, 0.25) is 5.02 Å². The molecule has 2 aromatic rings. The van der Waals surface area contributed by atoms with Gasteiger partial charge in [0.15, 0.2) is 0 Å². The third-order valence-corrected chi connectivity index (χ3v) is 3.45. The van der Waals surface area contributed by atoms with Gasteiger partial charge in [0.2, 0.25) is 0 Å². The van der Waals surface area contributed by atoms with Crippen LogP contribution in [0.5, 0.6) is 0 Å². The van der Waals surface area contributed by atoms with E-state index in [9.17, 15) is 4.39 Å². The predicted octanol–water partition coefficient (Wildman–Crippen LogP) is 4.31. The fraction of sp³-hybridized carbons (Fsp3) is 0.188. The van der Waals surface area contributed by atoms with E-state index >= 15 is 0 Å². The first kappa shape index (κ1) is 14.4. The summed E-state index contributed by atoms with van der Waals surface area (Å²) in [7, 11) is 0. The summed E-state index contributed by atoms with van der Waals surface area (Å²) in [5.74, 6) is -0.221. The molecule has 20 heavy (non-hydrogen) atoms. The number of halogens is 2. The Morgan fingerprint density at radius 1 is 1.30 bits per heavy atom. The molecule has 4 heteroatoms. The van der Waals surface area contributed by atoms with Crippen LogP contribution in [0.3, 0.4) is 0 Å². The van der Waals surface area contributed by atoms with Gasteiger partial charge in [-0.3, -0.25) is 0 Å². The molecule has 0 aromatic heterocycles. The monoisotopic (exact) mass is 288 g/mol. The third-order valence-electron chi connectivity index (χ3n) is 3.14. The Morgan fingerprint density at radius 3 is 2.80 bits per heavy atom. The van der Waals surface area contributed by atoms with Crippen molar-refractivity contribution in [3.05, 3.63) is 63.9 Å². The minimum absolute atomic E-state index is 0.221. The summed E-state index contributed by atoms with van der Waals surface area (Å²) in [6.45, 7) is 2.54. The normalized spacial score (nSPS) is 10.1. The van der Waals surface area contributed by atoms with Crippen LogP contribution in [0.1, 0.15) is 16.7 Å². The van der Waals surface area contributed by atoms with E-state index in [0.29, 0.717) is 17.1 Å². The second-order valence-electron chi connectivity index (χ2n) is 4.52. The number of aryl methyl sites for hydroxylation is 1. The molecule has 102 valence electrons. The Kier molecular flexibility index (Phi) is 4.60. The zero-order valence-electron chi connectivity index (χ0n) is 11.1. The molecule has 2 aromatic carbocycles. The molecule has 0 aliphatic heterocycles. The third kappa shape index (κ3) is 3.28. The largest absolute Gasteiger partial charge is 0.384 e. The van der Waals surface area contributed by atoms with Crippen LogP contribution in [0.15, 0.2) is 36.4 Å². The molecule has 1 N–H and O–H groups in total. The van der Waals surface area contributed by atoms with E-state index in [-0.39, 0.29) is 5.82 Å². The van der Waals surface area contributed by atoms with Crippen molar-refractivity contribution in [3.63, 3.8) is 0 Å². The number of hydrogen-bond acceptors (Lipinski definition) is 2. The molecule has 0 spiro atoms. The number of rotatable bonds is 4. The first-order chi connectivity index (χ1) is 9.61. The summed E-state index contributed by atoms with van der Waals surface area (Å²) in [5.41, 5.74) is 3.18. The van der Waals surface area contributed by atoms with Gasteiger partial charge >= 0.3 is 0 Å². The van der Waals surface area contributed by atoms with Gasteiger partial charge in [-0.25, -0.2) is 4.39 Å². The van der Waals surface area contributed by atoms with Gasteiger partial charge in [0.05, 0.1) is 16.3 Å². The average Bonchev–Trinajstić information content (AvgIpc) is 2.41. The van der Waals surface area contributed by atoms with E-state index in [0.717, 1.165) is 23.2 Å². The van der Waals surface area contributed by atoms with Crippen molar-refractivity contribution in [2.45, 2.75) is 13.3 Å². The maximum atomic E-state index is 13.0. The number of benzene rings is 2. The summed E-state index contributed by atoms with van der Waals surface area (Å²) in [6.07, 6.45) is 0.753. The Hall–Kier alpha value is -2.05. The minimum Gasteiger partial charge on any atom is -0.384 e. The van der Waals surface area contributed by atoms with Crippen molar-refractivity contribution < 1.29 is 4.39 Å². The van der Waals surface area contributed by atoms with E-state index in [4.69, 9.17) is 16.9 Å². The zero-order valence-corrected chi connectivity index (χ0v) is 11.8. The molecule has 0 saturated carbocycles. The number of hydrogen-bond donors (Lipinski definition) is 1. The smallest absolute Gasteiger partial charge is 0.123 e. The van der Waals surface area contributed by atoms with Crippen molar-refractivity contribution in [3.8, 4) is 6.07 Å². The lowest BCUT2D eigenvalue weighted by Gasteiger charge is -2.10. The molecule has 0 aliphatic rings. The molecule has 0 radical (unpaired) electrons. The zero-order chi connectivity index (χ0) is 14.5. The maximum absolute atomic E-state index is 13.0. The number of nitrogens with one attached hydrogen (secondary N) is 1. The van der Waals surface area contributed by atoms with Crippen molar-refractivity contribution in [2.24, 2.45) is 0 Å². The highest BCUT2D eigenvalue weighted by atomic mass is 35.5. The lowest BCUT2D eigenvalue weighted by atomic mass is 10.1. The molecule has 2 rings (SSSR count). The number of anilines is 1. The molecule has 0 amide bonds. The SMILES string of the molecule is Cc1cc(F)ccc1CCNc1cccc(Cl)c1C#N. The Balaban J connectivity index is 2.03. The lowest BCUT2D eigenvalue weighted by molar-refractivity contribution is 0.625. The summed E-state index contributed by atoms with van der Waals surface area (Å²) >= 11 is 5.96. The van der Waals surface area contributed by atoms with E-state index < -0.39 is 0 Å². The molecular formula is C16H14ClFN2. The fourth-order valence-corrected chi connectivity index (χ4v) is 2.27. The molecular weight excluding hydrogens is 275 g/mol. The number of nitrogens with zero attached hydrogens (tertiary/aromatic N) is 1. The molecule has 0 aliphatic carbocycles. The van der Waals surface area contributed by atoms with Gasteiger partial charge in [0, 0.05) is 6.54 Å². The Bertz CT molecular complexity index is 662. The Morgan fingerprint density at radius 2 is 2.10 bits per heavy atom. The molecule has 0 unspecified atom stereocenters. The van der Waals surface area contributed by atoms with E-state index in [1.807, 2.05) is 13.0 Å². The summed E-state index contributed by atoms with van der Waals surface area (Å²) in [4.78, 5) is 0. The van der Waals surface area contributed by atoms with Gasteiger partial charge in [-0.2, -0.15) is 5.26 Å². The number of nitriles is 1. The van der Waals surface area contributed by atoms with Gasteiger partial charge in [0.25, 0.3) is 0 Å². The predicted molar refractivity (Wildman–Crippen MR) is 79.5 cm³/mol. The maximum Gasteiger partial charge on any atom is 0.123 e. The lowest BCUT2D eigenvalue weighted by Crippen LogP contribution is -2.07. The van der Waals surface area contributed by atoms with E-state index in [1.165, 1.54) is 12.1 Å². The van der Waals surface area contributed by atoms with Crippen LogP contribution in [0.4, 0.5) is 10.1 Å². The second kappa shape index (κ2) is 6.40. The van der Waals surface area contributed by atoms with Gasteiger partial charge in [0.1, 0.15) is 11.9 Å². The van der Waals surface area contributed by atoms with Gasteiger partial charge in [-0.1, -0.05) is 23.7 Å². The quantitative estimate of drug-likeness (QED) is 0.910. The topological polar surface area (TPSA) is 35.8 Å². The second-order valence-corrected chi connectivity index (χ2v) is 4.93. The highest BCUT2D eigenvalue weighted by Crippen LogP contribution is 2.23. The van der Waals surface area contributed by atoms with Crippen molar-refractivity contribution >= 4 is 17.3 Å². The van der Waals surface area contributed by atoms with Crippen molar-refractivity contribution in [2.75, 3.05) is 11.9 Å². The van der Waals surface area contributed by atoms with Crippen LogP contribution in [0.25, 0.3) is 0 Å². The molecule has 0 heterocycles. The Labute approximate surface area is 122 Å². The first-order valence-corrected chi connectivity index (χ1v) is 6.67. The first-order valence-electron chi connectivity index (χ1n) is 6.29. The molecule has 2 nitrogen and oxygen atoms in total. The van der Waals surface area contributed by atoms with Crippen LogP contribution in [0, 0.1) is 24.1 Å². The van der Waals surface area contributed by atoms with Crippen LogP contribution in [-0.4, -0.2) is 6.54 Å². The van der Waals surface area contributed by atoms with Crippen molar-refractivity contribution in [1.82, 2.24) is 0 Å².